The van der Waals surface area contributed by atoms with Gasteiger partial charge in [0.1, 0.15) is 4.90 Å². The fraction of sp³-hybridized carbons (Fsp3) is 0.130. The average molecular weight is 432 g/mol. The summed E-state index contributed by atoms with van der Waals surface area (Å²) in [6, 6.07) is 16.3. The molecular formula is C23H21N5O2S. The van der Waals surface area contributed by atoms with Crippen LogP contribution in [0.25, 0.3) is 10.9 Å². The molecule has 0 aliphatic heterocycles. The number of hydrogen-bond acceptors (Lipinski definition) is 6. The third kappa shape index (κ3) is 3.89. The number of pyridine rings is 1. The zero-order valence-corrected chi connectivity index (χ0v) is 17.9. The van der Waals surface area contributed by atoms with Crippen molar-refractivity contribution < 1.29 is 8.42 Å². The number of nitriles is 1. The number of nitrogens with zero attached hydrogens (tertiary/aromatic N) is 3. The van der Waals surface area contributed by atoms with E-state index in [2.05, 4.69) is 21.7 Å². The second-order valence-electron chi connectivity index (χ2n) is 7.17. The summed E-state index contributed by atoms with van der Waals surface area (Å²) in [7, 11) is -1.99. The molecule has 4 aromatic rings. The van der Waals surface area contributed by atoms with Crippen molar-refractivity contribution in [1.82, 2.24) is 14.3 Å². The maximum atomic E-state index is 13.3. The quantitative estimate of drug-likeness (QED) is 0.480. The normalized spacial score (nSPS) is 11.4. The fourth-order valence-electron chi connectivity index (χ4n) is 3.52. The van der Waals surface area contributed by atoms with Crippen LogP contribution in [0.2, 0.25) is 0 Å². The maximum Gasteiger partial charge on any atom is 0.269 e. The number of aromatic nitrogens is 2. The van der Waals surface area contributed by atoms with Crippen LogP contribution in [0, 0.1) is 18.3 Å². The minimum atomic E-state index is -3.81. The van der Waals surface area contributed by atoms with Crippen LogP contribution in [-0.4, -0.2) is 24.4 Å². The van der Waals surface area contributed by atoms with Crippen LogP contribution in [0.1, 0.15) is 16.7 Å². The summed E-state index contributed by atoms with van der Waals surface area (Å²) in [5, 5.41) is 16.3. The van der Waals surface area contributed by atoms with E-state index in [0.717, 1.165) is 27.9 Å². The molecule has 0 radical (unpaired) electrons. The summed E-state index contributed by atoms with van der Waals surface area (Å²) in [5.74, 6) is 0. The van der Waals surface area contributed by atoms with E-state index in [1.807, 2.05) is 38.2 Å². The Kier molecular flexibility index (Phi) is 5.46. The Balaban J connectivity index is 1.83. The Hall–Kier alpha value is -3.67. The average Bonchev–Trinajstić information content (AvgIpc) is 3.14. The van der Waals surface area contributed by atoms with Crippen LogP contribution in [0.3, 0.4) is 0 Å². The molecule has 156 valence electrons. The number of benzene rings is 2. The molecule has 0 atom stereocenters. The van der Waals surface area contributed by atoms with E-state index in [9.17, 15) is 8.42 Å². The lowest BCUT2D eigenvalue weighted by Gasteiger charge is -2.12. The number of hydrogen-bond donors (Lipinski definition) is 2. The van der Waals surface area contributed by atoms with Crippen LogP contribution in [0.15, 0.2) is 72.0 Å². The summed E-state index contributed by atoms with van der Waals surface area (Å²) in [6.45, 7) is 2.45. The molecule has 4 rings (SSSR count). The lowest BCUT2D eigenvalue weighted by atomic mass is 10.1. The molecule has 31 heavy (non-hydrogen) atoms. The third-order valence-electron chi connectivity index (χ3n) is 5.05. The molecule has 2 aromatic carbocycles. The molecule has 2 aromatic heterocycles. The van der Waals surface area contributed by atoms with E-state index in [0.29, 0.717) is 17.6 Å². The highest BCUT2D eigenvalue weighted by molar-refractivity contribution is 7.90. The van der Waals surface area contributed by atoms with E-state index in [1.165, 1.54) is 16.2 Å². The Morgan fingerprint density at radius 1 is 1.16 bits per heavy atom. The van der Waals surface area contributed by atoms with Gasteiger partial charge in [-0.1, -0.05) is 6.07 Å². The second kappa shape index (κ2) is 8.22. The van der Waals surface area contributed by atoms with Crippen molar-refractivity contribution in [2.24, 2.45) is 0 Å². The first-order valence-corrected chi connectivity index (χ1v) is 11.1. The zero-order valence-electron chi connectivity index (χ0n) is 17.1. The van der Waals surface area contributed by atoms with Gasteiger partial charge in [0.05, 0.1) is 17.1 Å². The monoisotopic (exact) mass is 431 g/mol. The van der Waals surface area contributed by atoms with Crippen molar-refractivity contribution in [3.05, 3.63) is 83.8 Å². The van der Waals surface area contributed by atoms with E-state index in [-0.39, 0.29) is 4.90 Å². The molecule has 0 unspecified atom stereocenters. The van der Waals surface area contributed by atoms with Gasteiger partial charge >= 0.3 is 0 Å². The van der Waals surface area contributed by atoms with Gasteiger partial charge in [0, 0.05) is 41.9 Å². The molecule has 0 saturated carbocycles. The predicted molar refractivity (Wildman–Crippen MR) is 121 cm³/mol. The molecule has 0 fully saturated rings. The number of aryl methyl sites for hydroxylation is 1. The molecule has 0 spiro atoms. The molecule has 8 heteroatoms. The van der Waals surface area contributed by atoms with Gasteiger partial charge in [0.25, 0.3) is 10.0 Å². The van der Waals surface area contributed by atoms with Crippen molar-refractivity contribution in [2.75, 3.05) is 12.4 Å². The highest BCUT2D eigenvalue weighted by Crippen LogP contribution is 2.30. The number of anilines is 2. The maximum absolute atomic E-state index is 13.3. The minimum absolute atomic E-state index is 0.129. The molecule has 2 heterocycles. The summed E-state index contributed by atoms with van der Waals surface area (Å²) < 4.78 is 27.9. The minimum Gasteiger partial charge on any atom is -0.355 e. The highest BCUT2D eigenvalue weighted by Gasteiger charge is 2.21. The Morgan fingerprint density at radius 2 is 2.00 bits per heavy atom. The van der Waals surface area contributed by atoms with E-state index in [1.54, 1.807) is 30.6 Å². The smallest absolute Gasteiger partial charge is 0.269 e. The Morgan fingerprint density at radius 3 is 2.68 bits per heavy atom. The first-order chi connectivity index (χ1) is 14.9. The molecule has 0 bridgehead atoms. The van der Waals surface area contributed by atoms with E-state index < -0.39 is 10.0 Å². The molecule has 2 N–H and O–H groups in total. The summed E-state index contributed by atoms with van der Waals surface area (Å²) >= 11 is 0. The summed E-state index contributed by atoms with van der Waals surface area (Å²) in [4.78, 5) is 4.09. The van der Waals surface area contributed by atoms with Crippen LogP contribution in [0.5, 0.6) is 0 Å². The molecule has 0 amide bonds. The van der Waals surface area contributed by atoms with Crippen LogP contribution >= 0.6 is 0 Å². The first-order valence-electron chi connectivity index (χ1n) is 9.66. The van der Waals surface area contributed by atoms with E-state index >= 15 is 0 Å². The van der Waals surface area contributed by atoms with E-state index in [4.69, 9.17) is 5.26 Å². The second-order valence-corrected chi connectivity index (χ2v) is 8.99. The van der Waals surface area contributed by atoms with Crippen molar-refractivity contribution in [1.29, 1.82) is 5.26 Å². The standard InChI is InChI=1S/C23H21N5O2S/c1-16-10-17(12-24)5-8-22(16)27-19-6-7-21-18(13-25-2)15-28(23(21)11-19)31(29,30)20-4-3-9-26-14-20/h3-11,14-15,25,27H,13H2,1-2H3. The molecule has 0 aliphatic carbocycles. The lowest BCUT2D eigenvalue weighted by Crippen LogP contribution is -2.12. The predicted octanol–water partition coefficient (Wildman–Crippen LogP) is 3.92. The summed E-state index contributed by atoms with van der Waals surface area (Å²) in [5.41, 5.74) is 4.57. The van der Waals surface area contributed by atoms with Gasteiger partial charge in [-0.25, -0.2) is 12.4 Å². The summed E-state index contributed by atoms with van der Waals surface area (Å²) in [6.07, 6.45) is 4.54. The van der Waals surface area contributed by atoms with Gasteiger partial charge in [0.15, 0.2) is 0 Å². The van der Waals surface area contributed by atoms with Gasteiger partial charge in [-0.3, -0.25) is 4.98 Å². The number of nitrogens with one attached hydrogen (secondary N) is 2. The Labute approximate surface area is 181 Å². The third-order valence-corrected chi connectivity index (χ3v) is 6.70. The topological polar surface area (TPSA) is 99.8 Å². The first kappa shape index (κ1) is 20.6. The zero-order chi connectivity index (χ0) is 22.0. The van der Waals surface area contributed by atoms with Crippen molar-refractivity contribution in [2.45, 2.75) is 18.4 Å². The largest absolute Gasteiger partial charge is 0.355 e. The molecular weight excluding hydrogens is 410 g/mol. The van der Waals surface area contributed by atoms with Crippen molar-refractivity contribution in [3.8, 4) is 6.07 Å². The van der Waals surface area contributed by atoms with Gasteiger partial charge in [-0.15, -0.1) is 0 Å². The van der Waals surface area contributed by atoms with Crippen molar-refractivity contribution >= 4 is 32.3 Å². The van der Waals surface area contributed by atoms with Crippen LogP contribution < -0.4 is 10.6 Å². The number of rotatable bonds is 6. The van der Waals surface area contributed by atoms with Gasteiger partial charge in [-0.05, 0) is 67.6 Å². The van der Waals surface area contributed by atoms with Crippen molar-refractivity contribution in [3.63, 3.8) is 0 Å². The van der Waals surface area contributed by atoms with Gasteiger partial charge in [-0.2, -0.15) is 5.26 Å². The fourth-order valence-corrected chi connectivity index (χ4v) is 4.86. The molecule has 0 aliphatic rings. The van der Waals surface area contributed by atoms with Gasteiger partial charge in [0.2, 0.25) is 0 Å². The van der Waals surface area contributed by atoms with Crippen LogP contribution in [0.4, 0.5) is 11.4 Å². The lowest BCUT2D eigenvalue weighted by molar-refractivity contribution is 0.588. The molecule has 7 nitrogen and oxygen atoms in total. The van der Waals surface area contributed by atoms with Gasteiger partial charge < -0.3 is 10.6 Å². The molecule has 0 saturated heterocycles. The Bertz CT molecular complexity index is 1400. The SMILES string of the molecule is CNCc1cn(S(=O)(=O)c2cccnc2)c2cc(Nc3ccc(C#N)cc3C)ccc12. The number of fused-ring (bicyclic) bond motifs is 1. The van der Waals surface area contributed by atoms with Crippen LogP contribution in [-0.2, 0) is 16.6 Å². The highest BCUT2D eigenvalue weighted by atomic mass is 32.2.